The van der Waals surface area contributed by atoms with E-state index in [1.165, 1.54) is 23.5 Å². The van der Waals surface area contributed by atoms with Crippen molar-refractivity contribution in [2.45, 2.75) is 23.6 Å². The molecule has 0 amide bonds. The number of hydrogen-bond acceptors (Lipinski definition) is 6. The molecule has 0 heterocycles. The van der Waals surface area contributed by atoms with Crippen molar-refractivity contribution >= 4 is 35.5 Å². The van der Waals surface area contributed by atoms with Gasteiger partial charge < -0.3 is 9.47 Å². The average molecular weight is 415 g/mol. The molecular formula is C22H22O4S2. The van der Waals surface area contributed by atoms with E-state index in [9.17, 15) is 9.59 Å². The predicted molar refractivity (Wildman–Crippen MR) is 116 cm³/mol. The van der Waals surface area contributed by atoms with Gasteiger partial charge in [-0.15, -0.1) is 23.5 Å². The molecular weight excluding hydrogens is 392 g/mol. The topological polar surface area (TPSA) is 52.6 Å². The fraction of sp³-hybridized carbons (Fsp3) is 0.182. The van der Waals surface area contributed by atoms with Crippen molar-refractivity contribution < 1.29 is 19.1 Å². The van der Waals surface area contributed by atoms with Crippen LogP contribution >= 0.6 is 23.5 Å². The summed E-state index contributed by atoms with van der Waals surface area (Å²) in [5, 5.41) is 0. The van der Waals surface area contributed by atoms with Crippen LogP contribution in [-0.2, 0) is 9.59 Å². The largest absolute Gasteiger partial charge is 0.422 e. The van der Waals surface area contributed by atoms with E-state index < -0.39 is 11.9 Å². The van der Waals surface area contributed by atoms with Gasteiger partial charge in [-0.1, -0.05) is 25.3 Å². The van der Waals surface area contributed by atoms with Gasteiger partial charge in [-0.2, -0.15) is 0 Å². The third-order valence-electron chi connectivity index (χ3n) is 3.76. The van der Waals surface area contributed by atoms with Crippen LogP contribution in [0.4, 0.5) is 0 Å². The number of rotatable bonds is 7. The highest BCUT2D eigenvalue weighted by atomic mass is 32.2. The summed E-state index contributed by atoms with van der Waals surface area (Å²) in [7, 11) is 0. The summed E-state index contributed by atoms with van der Waals surface area (Å²) in [4.78, 5) is 25.3. The van der Waals surface area contributed by atoms with Gasteiger partial charge in [-0.25, -0.2) is 9.59 Å². The average Bonchev–Trinajstić information content (AvgIpc) is 2.68. The Morgan fingerprint density at radius 2 is 1.11 bits per heavy atom. The molecule has 28 heavy (non-hydrogen) atoms. The third kappa shape index (κ3) is 5.30. The molecule has 0 fully saturated rings. The summed E-state index contributed by atoms with van der Waals surface area (Å²) in [5.41, 5.74) is 2.63. The van der Waals surface area contributed by atoms with E-state index in [0.29, 0.717) is 22.6 Å². The molecule has 0 aliphatic rings. The van der Waals surface area contributed by atoms with Gasteiger partial charge in [0.2, 0.25) is 0 Å². The maximum atomic E-state index is 11.8. The van der Waals surface area contributed by atoms with E-state index in [0.717, 1.165) is 20.9 Å². The van der Waals surface area contributed by atoms with Crippen molar-refractivity contribution in [2.75, 3.05) is 12.5 Å². The van der Waals surface area contributed by atoms with Crippen molar-refractivity contribution in [2.24, 2.45) is 0 Å². The molecule has 0 N–H and O–H groups in total. The molecule has 146 valence electrons. The Morgan fingerprint density at radius 1 is 0.750 bits per heavy atom. The number of hydrogen-bond donors (Lipinski definition) is 0. The fourth-order valence-electron chi connectivity index (χ4n) is 2.24. The highest BCUT2D eigenvalue weighted by Crippen LogP contribution is 2.36. The van der Waals surface area contributed by atoms with E-state index >= 15 is 0 Å². The first-order chi connectivity index (χ1) is 13.3. The summed E-state index contributed by atoms with van der Waals surface area (Å²) in [6.07, 6.45) is 3.84. The molecule has 0 saturated carbocycles. The van der Waals surface area contributed by atoms with Crippen LogP contribution in [0.1, 0.15) is 13.8 Å². The second-order valence-corrected chi connectivity index (χ2v) is 7.77. The molecule has 0 saturated heterocycles. The zero-order valence-electron chi connectivity index (χ0n) is 16.3. The van der Waals surface area contributed by atoms with Crippen LogP contribution in [0.25, 0.3) is 11.1 Å². The Kier molecular flexibility index (Phi) is 7.54. The number of carbonyl (C=O) groups is 2. The van der Waals surface area contributed by atoms with Gasteiger partial charge in [0.05, 0.1) is 9.79 Å². The first kappa shape index (κ1) is 21.9. The third-order valence-corrected chi connectivity index (χ3v) is 5.28. The molecule has 0 bridgehead atoms. The molecule has 2 aromatic carbocycles. The summed E-state index contributed by atoms with van der Waals surface area (Å²) in [6.45, 7) is 10.4. The zero-order valence-corrected chi connectivity index (χ0v) is 18.0. The van der Waals surface area contributed by atoms with E-state index in [4.69, 9.17) is 9.47 Å². The van der Waals surface area contributed by atoms with Crippen LogP contribution in [0, 0.1) is 0 Å². The van der Waals surface area contributed by atoms with E-state index in [1.54, 1.807) is 26.0 Å². The minimum Gasteiger partial charge on any atom is -0.422 e. The van der Waals surface area contributed by atoms with Gasteiger partial charge in [-0.05, 0) is 61.8 Å². The summed E-state index contributed by atoms with van der Waals surface area (Å²) < 4.78 is 10.8. The van der Waals surface area contributed by atoms with Crippen molar-refractivity contribution in [1.82, 2.24) is 0 Å². The fourth-order valence-corrected chi connectivity index (χ4v) is 3.35. The van der Waals surface area contributed by atoms with Crippen LogP contribution in [0.15, 0.2) is 70.5 Å². The molecule has 0 spiro atoms. The Hall–Kier alpha value is -2.44. The Bertz CT molecular complexity index is 870. The molecule has 0 aromatic heterocycles. The zero-order chi connectivity index (χ0) is 20.8. The lowest BCUT2D eigenvalue weighted by Gasteiger charge is -2.13. The van der Waals surface area contributed by atoms with Crippen LogP contribution in [-0.4, -0.2) is 24.5 Å². The van der Waals surface area contributed by atoms with Crippen molar-refractivity contribution in [3.05, 3.63) is 60.7 Å². The highest BCUT2D eigenvalue weighted by Gasteiger charge is 2.14. The molecule has 6 heteroatoms. The molecule has 4 nitrogen and oxygen atoms in total. The Labute approximate surface area is 174 Å². The smallest absolute Gasteiger partial charge is 0.338 e. The lowest BCUT2D eigenvalue weighted by atomic mass is 10.1. The Balaban J connectivity index is 2.36. The maximum Gasteiger partial charge on any atom is 0.338 e. The quantitative estimate of drug-likeness (QED) is 0.248. The van der Waals surface area contributed by atoms with Crippen LogP contribution in [0.5, 0.6) is 11.5 Å². The monoisotopic (exact) mass is 414 g/mol. The minimum absolute atomic E-state index is 0.348. The van der Waals surface area contributed by atoms with Gasteiger partial charge in [0.25, 0.3) is 0 Å². The maximum absolute atomic E-state index is 11.8. The summed E-state index contributed by atoms with van der Waals surface area (Å²) in [5.74, 6) is 0.107. The number of esters is 2. The minimum atomic E-state index is -0.448. The Morgan fingerprint density at radius 3 is 1.39 bits per heavy atom. The van der Waals surface area contributed by atoms with Gasteiger partial charge in [0.1, 0.15) is 11.5 Å². The molecule has 0 aliphatic carbocycles. The van der Waals surface area contributed by atoms with Gasteiger partial charge >= 0.3 is 11.9 Å². The number of thioether (sulfide) groups is 2. The van der Waals surface area contributed by atoms with Crippen LogP contribution in [0.3, 0.4) is 0 Å². The standard InChI is InChI=1S/C22H22O4S2/c1-13(2)21(23)25-17-9-7-15(11-19(17)27-5)16-8-10-18(20(12-16)28-6)26-22(24)14(3)4/h7-12H,1,3H2,2,4-6H3. The van der Waals surface area contributed by atoms with Crippen LogP contribution < -0.4 is 9.47 Å². The molecule has 2 aromatic rings. The van der Waals surface area contributed by atoms with Crippen LogP contribution in [0.2, 0.25) is 0 Å². The van der Waals surface area contributed by atoms with Crippen molar-refractivity contribution in [1.29, 1.82) is 0 Å². The highest BCUT2D eigenvalue weighted by molar-refractivity contribution is 7.99. The molecule has 0 unspecified atom stereocenters. The predicted octanol–water partition coefficient (Wildman–Crippen LogP) is 5.76. The molecule has 0 aliphatic heterocycles. The van der Waals surface area contributed by atoms with E-state index in [1.807, 2.05) is 36.8 Å². The van der Waals surface area contributed by atoms with Gasteiger partial charge in [0.15, 0.2) is 0 Å². The van der Waals surface area contributed by atoms with Crippen molar-refractivity contribution in [3.8, 4) is 22.6 Å². The van der Waals surface area contributed by atoms with E-state index in [2.05, 4.69) is 13.2 Å². The molecule has 0 atom stereocenters. The first-order valence-corrected chi connectivity index (χ1v) is 10.8. The number of benzene rings is 2. The van der Waals surface area contributed by atoms with Crippen molar-refractivity contribution in [3.63, 3.8) is 0 Å². The SMILES string of the molecule is C=C(C)C(=O)Oc1ccc(-c2ccc(OC(=O)C(=C)C)c(SC)c2)cc1SC. The molecule has 2 rings (SSSR count). The summed E-state index contributed by atoms with van der Waals surface area (Å²) in [6, 6.07) is 11.3. The second kappa shape index (κ2) is 9.66. The summed E-state index contributed by atoms with van der Waals surface area (Å²) >= 11 is 2.98. The van der Waals surface area contributed by atoms with Gasteiger partial charge in [0, 0.05) is 11.1 Å². The lowest BCUT2D eigenvalue weighted by molar-refractivity contribution is -0.131. The normalized spacial score (nSPS) is 10.3. The van der Waals surface area contributed by atoms with Gasteiger partial charge in [-0.3, -0.25) is 0 Å². The number of carbonyl (C=O) groups excluding carboxylic acids is 2. The molecule has 0 radical (unpaired) electrons. The lowest BCUT2D eigenvalue weighted by Crippen LogP contribution is -2.09. The second-order valence-electron chi connectivity index (χ2n) is 6.07. The first-order valence-electron chi connectivity index (χ1n) is 8.38. The van der Waals surface area contributed by atoms with E-state index in [-0.39, 0.29) is 0 Å². The number of ether oxygens (including phenoxy) is 2.